The van der Waals surface area contributed by atoms with Crippen molar-refractivity contribution < 1.29 is 13.3 Å². The molecule has 7 heteroatoms. The van der Waals surface area contributed by atoms with Crippen LogP contribution < -0.4 is 5.32 Å². The molecule has 0 aliphatic heterocycles. The first-order valence-electron chi connectivity index (χ1n) is 7.07. The van der Waals surface area contributed by atoms with E-state index >= 15 is 0 Å². The van der Waals surface area contributed by atoms with Crippen molar-refractivity contribution in [2.75, 3.05) is 26.0 Å². The summed E-state index contributed by atoms with van der Waals surface area (Å²) in [6.07, 6.45) is 3.16. The van der Waals surface area contributed by atoms with E-state index in [1.165, 1.54) is 6.26 Å². The minimum Gasteiger partial charge on any atom is -0.468 e. The highest BCUT2D eigenvalue weighted by Gasteiger charge is 2.20. The molecule has 0 unspecified atom stereocenters. The standard InChI is InChI=1S/C16H16N4O3/c1-20(2)12(13-5-3-7-21-13)10-18-15-11(9-17)19-16(23-15)14-6-4-8-22-14/h3-8,12,18H,10H2,1-2H3/t12-/m0/s1. The van der Waals surface area contributed by atoms with Crippen LogP contribution in [-0.4, -0.2) is 30.5 Å². The summed E-state index contributed by atoms with van der Waals surface area (Å²) in [6, 6.07) is 9.22. The van der Waals surface area contributed by atoms with Crippen LogP contribution in [0.5, 0.6) is 0 Å². The van der Waals surface area contributed by atoms with E-state index in [9.17, 15) is 5.26 Å². The first-order chi connectivity index (χ1) is 11.2. The third-order valence-electron chi connectivity index (χ3n) is 3.42. The van der Waals surface area contributed by atoms with E-state index in [2.05, 4.69) is 10.3 Å². The average Bonchev–Trinajstić information content (AvgIpc) is 3.28. The van der Waals surface area contributed by atoms with E-state index in [4.69, 9.17) is 13.3 Å². The third-order valence-corrected chi connectivity index (χ3v) is 3.42. The van der Waals surface area contributed by atoms with Gasteiger partial charge in [-0.25, -0.2) is 0 Å². The van der Waals surface area contributed by atoms with Crippen LogP contribution >= 0.6 is 0 Å². The highest BCUT2D eigenvalue weighted by Crippen LogP contribution is 2.27. The number of oxazole rings is 1. The smallest absolute Gasteiger partial charge is 0.266 e. The average molecular weight is 312 g/mol. The highest BCUT2D eigenvalue weighted by molar-refractivity contribution is 5.54. The summed E-state index contributed by atoms with van der Waals surface area (Å²) < 4.78 is 16.3. The van der Waals surface area contributed by atoms with Crippen molar-refractivity contribution in [2.45, 2.75) is 6.04 Å². The molecule has 23 heavy (non-hydrogen) atoms. The van der Waals surface area contributed by atoms with Crippen LogP contribution in [0.2, 0.25) is 0 Å². The highest BCUT2D eigenvalue weighted by atomic mass is 16.4. The van der Waals surface area contributed by atoms with Crippen molar-refractivity contribution in [3.05, 3.63) is 48.2 Å². The molecule has 0 spiro atoms. The number of nitrogens with zero attached hydrogens (tertiary/aromatic N) is 3. The lowest BCUT2D eigenvalue weighted by molar-refractivity contribution is 0.268. The van der Waals surface area contributed by atoms with Crippen LogP contribution in [0.25, 0.3) is 11.7 Å². The summed E-state index contributed by atoms with van der Waals surface area (Å²) in [6.45, 7) is 0.502. The fraction of sp³-hybridized carbons (Fsp3) is 0.250. The molecule has 118 valence electrons. The summed E-state index contributed by atoms with van der Waals surface area (Å²) in [5, 5.41) is 12.3. The number of rotatable bonds is 6. The molecule has 3 aromatic heterocycles. The fourth-order valence-electron chi connectivity index (χ4n) is 2.23. The number of anilines is 1. The lowest BCUT2D eigenvalue weighted by Crippen LogP contribution is -2.26. The van der Waals surface area contributed by atoms with Gasteiger partial charge in [-0.2, -0.15) is 10.2 Å². The molecule has 0 saturated carbocycles. The van der Waals surface area contributed by atoms with E-state index in [0.29, 0.717) is 18.2 Å². The van der Waals surface area contributed by atoms with Gasteiger partial charge in [0, 0.05) is 6.54 Å². The molecule has 0 aliphatic carbocycles. The van der Waals surface area contributed by atoms with Crippen molar-refractivity contribution >= 4 is 5.88 Å². The van der Waals surface area contributed by atoms with Crippen molar-refractivity contribution in [1.29, 1.82) is 5.26 Å². The topological polar surface area (TPSA) is 91.4 Å². The summed E-state index contributed by atoms with van der Waals surface area (Å²) in [4.78, 5) is 6.15. The molecule has 0 amide bonds. The minimum absolute atomic E-state index is 0.00583. The number of nitrogens with one attached hydrogen (secondary N) is 1. The Morgan fingerprint density at radius 2 is 2.04 bits per heavy atom. The van der Waals surface area contributed by atoms with Crippen LogP contribution in [0.3, 0.4) is 0 Å². The van der Waals surface area contributed by atoms with Gasteiger partial charge in [0.2, 0.25) is 11.6 Å². The lowest BCUT2D eigenvalue weighted by atomic mass is 10.2. The molecule has 0 fully saturated rings. The second-order valence-corrected chi connectivity index (χ2v) is 5.16. The molecule has 0 aliphatic rings. The van der Waals surface area contributed by atoms with Gasteiger partial charge in [-0.1, -0.05) is 0 Å². The normalized spacial score (nSPS) is 12.3. The molecule has 0 aromatic carbocycles. The zero-order valence-electron chi connectivity index (χ0n) is 12.8. The molecule has 1 atom stereocenters. The fourth-order valence-corrected chi connectivity index (χ4v) is 2.23. The molecule has 1 N–H and O–H groups in total. The van der Waals surface area contributed by atoms with Crippen LogP contribution in [0.15, 0.2) is 50.0 Å². The van der Waals surface area contributed by atoms with Gasteiger partial charge in [-0.15, -0.1) is 0 Å². The van der Waals surface area contributed by atoms with Crippen molar-refractivity contribution in [3.63, 3.8) is 0 Å². The van der Waals surface area contributed by atoms with E-state index in [1.807, 2.05) is 37.2 Å². The molecule has 3 aromatic rings. The third kappa shape index (κ3) is 3.12. The SMILES string of the molecule is CN(C)[C@@H](CNc1oc(-c2ccco2)nc1C#N)c1ccco1. The van der Waals surface area contributed by atoms with Crippen LogP contribution in [0.1, 0.15) is 17.5 Å². The molecule has 3 heterocycles. The first kappa shape index (κ1) is 14.9. The number of likely N-dealkylation sites (N-methyl/N-ethyl adjacent to an activating group) is 1. The van der Waals surface area contributed by atoms with Gasteiger partial charge in [0.15, 0.2) is 5.76 Å². The molecular weight excluding hydrogens is 296 g/mol. The Hall–Kier alpha value is -2.98. The number of furan rings is 2. The van der Waals surface area contributed by atoms with Gasteiger partial charge < -0.3 is 18.6 Å². The second-order valence-electron chi connectivity index (χ2n) is 5.16. The Labute approximate surface area is 133 Å². The Balaban J connectivity index is 1.78. The zero-order valence-corrected chi connectivity index (χ0v) is 12.8. The predicted molar refractivity (Wildman–Crippen MR) is 82.5 cm³/mol. The molecule has 0 saturated heterocycles. The van der Waals surface area contributed by atoms with Gasteiger partial charge in [-0.05, 0) is 38.4 Å². The second kappa shape index (κ2) is 6.42. The Kier molecular flexibility index (Phi) is 4.17. The Morgan fingerprint density at radius 1 is 1.26 bits per heavy atom. The number of hydrogen-bond donors (Lipinski definition) is 1. The van der Waals surface area contributed by atoms with E-state index in [-0.39, 0.29) is 17.6 Å². The molecular formula is C16H16N4O3. The maximum Gasteiger partial charge on any atom is 0.266 e. The number of aromatic nitrogens is 1. The van der Waals surface area contributed by atoms with Gasteiger partial charge in [-0.3, -0.25) is 4.90 Å². The van der Waals surface area contributed by atoms with E-state index in [0.717, 1.165) is 5.76 Å². The van der Waals surface area contributed by atoms with Crippen LogP contribution in [0.4, 0.5) is 5.88 Å². The van der Waals surface area contributed by atoms with Crippen LogP contribution in [-0.2, 0) is 0 Å². The zero-order chi connectivity index (χ0) is 16.2. The predicted octanol–water partition coefficient (Wildman–Crippen LogP) is 3.11. The summed E-state index contributed by atoms with van der Waals surface area (Å²) in [5.41, 5.74) is 0.188. The maximum atomic E-state index is 9.22. The Bertz CT molecular complexity index is 782. The van der Waals surface area contributed by atoms with Crippen molar-refractivity contribution in [3.8, 4) is 17.7 Å². The van der Waals surface area contributed by atoms with Gasteiger partial charge in [0.05, 0.1) is 18.6 Å². The molecule has 7 nitrogen and oxygen atoms in total. The summed E-state index contributed by atoms with van der Waals surface area (Å²) in [5.74, 6) is 1.89. The van der Waals surface area contributed by atoms with E-state index in [1.54, 1.807) is 18.4 Å². The quantitative estimate of drug-likeness (QED) is 0.747. The number of hydrogen-bond acceptors (Lipinski definition) is 7. The summed E-state index contributed by atoms with van der Waals surface area (Å²) >= 11 is 0. The van der Waals surface area contributed by atoms with Gasteiger partial charge in [0.1, 0.15) is 11.8 Å². The van der Waals surface area contributed by atoms with E-state index < -0.39 is 0 Å². The van der Waals surface area contributed by atoms with Gasteiger partial charge >= 0.3 is 0 Å². The van der Waals surface area contributed by atoms with Crippen molar-refractivity contribution in [1.82, 2.24) is 9.88 Å². The Morgan fingerprint density at radius 3 is 2.65 bits per heavy atom. The minimum atomic E-state index is -0.00583. The number of nitriles is 1. The monoisotopic (exact) mass is 312 g/mol. The van der Waals surface area contributed by atoms with Crippen LogP contribution in [0, 0.1) is 11.3 Å². The molecule has 3 rings (SSSR count). The first-order valence-corrected chi connectivity index (χ1v) is 7.07. The molecule has 0 radical (unpaired) electrons. The largest absolute Gasteiger partial charge is 0.468 e. The maximum absolute atomic E-state index is 9.22. The molecule has 0 bridgehead atoms. The summed E-state index contributed by atoms with van der Waals surface area (Å²) in [7, 11) is 3.91. The van der Waals surface area contributed by atoms with Crippen molar-refractivity contribution in [2.24, 2.45) is 0 Å². The lowest BCUT2D eigenvalue weighted by Gasteiger charge is -2.22. The van der Waals surface area contributed by atoms with Gasteiger partial charge in [0.25, 0.3) is 5.89 Å².